The molecule has 6 N–H and O–H groups in total. The Bertz CT molecular complexity index is 550. The molecule has 0 saturated carbocycles. The summed E-state index contributed by atoms with van der Waals surface area (Å²) in [7, 11) is 0. The monoisotopic (exact) mass is 278 g/mol. The first-order valence-electron chi connectivity index (χ1n) is 5.25. The number of halogens is 2. The predicted octanol–water partition coefficient (Wildman–Crippen LogP) is -1.71. The minimum atomic E-state index is -3.78. The van der Waals surface area contributed by atoms with Crippen molar-refractivity contribution in [2.75, 3.05) is 18.1 Å². The lowest BCUT2D eigenvalue weighted by molar-refractivity contribution is -0.140. The summed E-state index contributed by atoms with van der Waals surface area (Å²) in [5, 5.41) is 18.2. The Morgan fingerprint density at radius 1 is 1.53 bits per heavy atom. The van der Waals surface area contributed by atoms with Crippen molar-refractivity contribution in [3.05, 3.63) is 16.7 Å². The summed E-state index contributed by atoms with van der Waals surface area (Å²) in [4.78, 5) is 14.8. The van der Waals surface area contributed by atoms with Gasteiger partial charge in [0.2, 0.25) is 6.23 Å². The van der Waals surface area contributed by atoms with Crippen LogP contribution < -0.4 is 17.2 Å². The number of aromatic nitrogens is 2. The highest BCUT2D eigenvalue weighted by Gasteiger charge is 2.59. The molecular weight excluding hydrogens is 266 g/mol. The molecule has 1 aromatic rings. The first-order chi connectivity index (χ1) is 8.78. The minimum Gasteiger partial charge on any atom is -0.395 e. The number of nitrogens with zero attached hydrogens (tertiary/aromatic N) is 2. The van der Waals surface area contributed by atoms with Gasteiger partial charge in [0.05, 0.1) is 12.3 Å². The first-order valence-corrected chi connectivity index (χ1v) is 5.25. The fraction of sp³-hybridized carbons (Fsp3) is 0.556. The van der Waals surface area contributed by atoms with Gasteiger partial charge in [0, 0.05) is 6.20 Å². The van der Waals surface area contributed by atoms with Crippen LogP contribution in [0.25, 0.3) is 0 Å². The van der Waals surface area contributed by atoms with E-state index < -0.39 is 36.7 Å². The van der Waals surface area contributed by atoms with Gasteiger partial charge in [0.1, 0.15) is 6.10 Å². The molecule has 1 aromatic heterocycles. The lowest BCUT2D eigenvalue weighted by Crippen LogP contribution is -2.42. The van der Waals surface area contributed by atoms with Crippen molar-refractivity contribution >= 4 is 11.5 Å². The normalized spacial score (nSPS) is 29.6. The van der Waals surface area contributed by atoms with Crippen molar-refractivity contribution < 1.29 is 23.7 Å². The van der Waals surface area contributed by atoms with E-state index in [1.54, 1.807) is 0 Å². The van der Waals surface area contributed by atoms with E-state index in [1.807, 2.05) is 0 Å². The lowest BCUT2D eigenvalue weighted by Gasteiger charge is -2.21. The number of aliphatic hydroxyl groups is 2. The second kappa shape index (κ2) is 4.40. The zero-order valence-corrected chi connectivity index (χ0v) is 9.53. The number of nitrogens with two attached hydrogens (primary N) is 2. The van der Waals surface area contributed by atoms with Gasteiger partial charge in [-0.05, 0) is 0 Å². The van der Waals surface area contributed by atoms with Gasteiger partial charge >= 0.3 is 11.6 Å². The second-order valence-electron chi connectivity index (χ2n) is 4.10. The average Bonchev–Trinajstić information content (AvgIpc) is 2.56. The van der Waals surface area contributed by atoms with E-state index in [4.69, 9.17) is 21.3 Å². The molecule has 1 aliphatic rings. The quantitative estimate of drug-likeness (QED) is 0.505. The van der Waals surface area contributed by atoms with Crippen LogP contribution in [-0.4, -0.2) is 44.5 Å². The SMILES string of the molecule is Nc1cn(C2OC(CO)C(O)C2(F)F)c(=O)nc1N. The third-order valence-corrected chi connectivity index (χ3v) is 2.82. The molecule has 3 atom stereocenters. The van der Waals surface area contributed by atoms with Crippen molar-refractivity contribution in [1.29, 1.82) is 0 Å². The van der Waals surface area contributed by atoms with Gasteiger partial charge < -0.3 is 26.4 Å². The third kappa shape index (κ3) is 2.03. The molecule has 3 unspecified atom stereocenters. The van der Waals surface area contributed by atoms with E-state index in [0.717, 1.165) is 6.20 Å². The van der Waals surface area contributed by atoms with Crippen LogP contribution in [0.2, 0.25) is 0 Å². The Labute approximate surface area is 105 Å². The van der Waals surface area contributed by atoms with Crippen molar-refractivity contribution in [3.63, 3.8) is 0 Å². The molecule has 0 aliphatic carbocycles. The molecular formula is C9H12F2N4O4. The van der Waals surface area contributed by atoms with Crippen molar-refractivity contribution in [3.8, 4) is 0 Å². The molecule has 2 heterocycles. The van der Waals surface area contributed by atoms with Gasteiger partial charge in [-0.25, -0.2) is 4.79 Å². The van der Waals surface area contributed by atoms with Crippen LogP contribution in [-0.2, 0) is 4.74 Å². The highest BCUT2D eigenvalue weighted by atomic mass is 19.3. The number of rotatable bonds is 2. The Kier molecular flexibility index (Phi) is 3.16. The number of ether oxygens (including phenoxy) is 1. The summed E-state index contributed by atoms with van der Waals surface area (Å²) in [5.41, 5.74) is 9.38. The number of nitrogen functional groups attached to an aromatic ring is 2. The number of anilines is 2. The van der Waals surface area contributed by atoms with Crippen LogP contribution in [0.15, 0.2) is 11.0 Å². The molecule has 0 amide bonds. The molecule has 0 radical (unpaired) electrons. The Morgan fingerprint density at radius 2 is 2.16 bits per heavy atom. The van der Waals surface area contributed by atoms with Crippen LogP contribution in [0.4, 0.5) is 20.3 Å². The average molecular weight is 278 g/mol. The van der Waals surface area contributed by atoms with E-state index in [0.29, 0.717) is 4.57 Å². The summed E-state index contributed by atoms with van der Waals surface area (Å²) >= 11 is 0. The highest BCUT2D eigenvalue weighted by Crippen LogP contribution is 2.42. The van der Waals surface area contributed by atoms with Crippen molar-refractivity contribution in [1.82, 2.24) is 9.55 Å². The Morgan fingerprint density at radius 3 is 2.68 bits per heavy atom. The molecule has 2 rings (SSSR count). The van der Waals surface area contributed by atoms with Crippen LogP contribution in [0.3, 0.4) is 0 Å². The maximum Gasteiger partial charge on any atom is 0.351 e. The zero-order valence-electron chi connectivity index (χ0n) is 9.53. The lowest BCUT2D eigenvalue weighted by atomic mass is 10.1. The van der Waals surface area contributed by atoms with Crippen molar-refractivity contribution in [2.24, 2.45) is 0 Å². The molecule has 19 heavy (non-hydrogen) atoms. The Hall–Kier alpha value is -1.78. The molecule has 0 aromatic carbocycles. The molecule has 1 saturated heterocycles. The van der Waals surface area contributed by atoms with Crippen LogP contribution in [0.5, 0.6) is 0 Å². The van der Waals surface area contributed by atoms with Crippen LogP contribution in [0, 0.1) is 0 Å². The fourth-order valence-corrected chi connectivity index (χ4v) is 1.78. The number of alkyl halides is 2. The van der Waals surface area contributed by atoms with Crippen molar-refractivity contribution in [2.45, 2.75) is 24.4 Å². The summed E-state index contributed by atoms with van der Waals surface area (Å²) in [6, 6.07) is 0. The molecule has 1 fully saturated rings. The third-order valence-electron chi connectivity index (χ3n) is 2.82. The highest BCUT2D eigenvalue weighted by molar-refractivity contribution is 5.55. The molecule has 10 heteroatoms. The van der Waals surface area contributed by atoms with Gasteiger partial charge in [-0.3, -0.25) is 4.57 Å². The topological polar surface area (TPSA) is 137 Å². The number of hydrogen-bond acceptors (Lipinski definition) is 7. The molecule has 1 aliphatic heterocycles. The van der Waals surface area contributed by atoms with E-state index in [-0.39, 0.29) is 11.5 Å². The van der Waals surface area contributed by atoms with Gasteiger partial charge in [-0.15, -0.1) is 0 Å². The minimum absolute atomic E-state index is 0.180. The van der Waals surface area contributed by atoms with E-state index in [9.17, 15) is 18.7 Å². The summed E-state index contributed by atoms with van der Waals surface area (Å²) in [5.74, 6) is -4.07. The van der Waals surface area contributed by atoms with E-state index in [1.165, 1.54) is 0 Å². The predicted molar refractivity (Wildman–Crippen MR) is 59.3 cm³/mol. The smallest absolute Gasteiger partial charge is 0.351 e. The molecule has 8 nitrogen and oxygen atoms in total. The summed E-state index contributed by atoms with van der Waals surface area (Å²) in [6.07, 6.45) is -5.00. The second-order valence-corrected chi connectivity index (χ2v) is 4.10. The maximum atomic E-state index is 13.8. The molecule has 0 bridgehead atoms. The van der Waals surface area contributed by atoms with E-state index >= 15 is 0 Å². The fourth-order valence-electron chi connectivity index (χ4n) is 1.78. The van der Waals surface area contributed by atoms with E-state index in [2.05, 4.69) is 4.98 Å². The number of aliphatic hydroxyl groups excluding tert-OH is 2. The van der Waals surface area contributed by atoms with Gasteiger partial charge in [0.25, 0.3) is 0 Å². The Balaban J connectivity index is 2.48. The molecule has 106 valence electrons. The summed E-state index contributed by atoms with van der Waals surface area (Å²) in [6.45, 7) is -0.820. The maximum absolute atomic E-state index is 13.8. The van der Waals surface area contributed by atoms with Gasteiger partial charge in [0.15, 0.2) is 11.9 Å². The number of hydrogen-bond donors (Lipinski definition) is 4. The molecule has 0 spiro atoms. The summed E-state index contributed by atoms with van der Waals surface area (Å²) < 4.78 is 32.8. The van der Waals surface area contributed by atoms with Gasteiger partial charge in [-0.2, -0.15) is 13.8 Å². The zero-order chi connectivity index (χ0) is 14.4. The standard InChI is InChI=1S/C9H12F2N4O4/c10-9(11)5(17)4(2-16)19-7(9)15-1-3(12)6(13)14-8(15)18/h1,4-5,7,16-17H,2,12H2,(H2,13,14,18). The first kappa shape index (κ1) is 13.6. The van der Waals surface area contributed by atoms with Crippen LogP contribution in [0.1, 0.15) is 6.23 Å². The van der Waals surface area contributed by atoms with Crippen LogP contribution >= 0.6 is 0 Å². The van der Waals surface area contributed by atoms with Gasteiger partial charge in [-0.1, -0.05) is 0 Å². The largest absolute Gasteiger partial charge is 0.395 e.